The lowest BCUT2D eigenvalue weighted by atomic mass is 9.93. The van der Waals surface area contributed by atoms with Gasteiger partial charge in [0, 0.05) is 58.9 Å². The van der Waals surface area contributed by atoms with Crippen molar-refractivity contribution in [3.8, 4) is 0 Å². The third-order valence-corrected chi connectivity index (χ3v) is 5.49. The van der Waals surface area contributed by atoms with Crippen LogP contribution < -0.4 is 5.32 Å². The summed E-state index contributed by atoms with van der Waals surface area (Å²) in [5, 5.41) is 7.67. The zero-order valence-electron chi connectivity index (χ0n) is 16.4. The van der Waals surface area contributed by atoms with Crippen LogP contribution >= 0.6 is 0 Å². The number of likely N-dealkylation sites (tertiary alicyclic amines) is 1. The van der Waals surface area contributed by atoms with Crippen LogP contribution in [0.3, 0.4) is 0 Å². The summed E-state index contributed by atoms with van der Waals surface area (Å²) >= 11 is 0. The summed E-state index contributed by atoms with van der Waals surface area (Å²) in [7, 11) is 1.66. The molecule has 0 spiro atoms. The number of hydrogen-bond donors (Lipinski definition) is 1. The van der Waals surface area contributed by atoms with Gasteiger partial charge in [0.25, 0.3) is 5.91 Å². The van der Waals surface area contributed by atoms with E-state index >= 15 is 0 Å². The first kappa shape index (κ1) is 19.7. The van der Waals surface area contributed by atoms with Crippen molar-refractivity contribution < 1.29 is 14.3 Å². The fraction of sp³-hybridized carbons (Fsp3) is 0.737. The average molecular weight is 377 g/mol. The van der Waals surface area contributed by atoms with Crippen molar-refractivity contribution in [2.24, 2.45) is 0 Å². The molecule has 8 nitrogen and oxygen atoms in total. The van der Waals surface area contributed by atoms with E-state index in [2.05, 4.69) is 5.32 Å². The van der Waals surface area contributed by atoms with Crippen molar-refractivity contribution in [3.63, 3.8) is 0 Å². The number of piperidine rings is 1. The van der Waals surface area contributed by atoms with Gasteiger partial charge in [-0.2, -0.15) is 5.10 Å². The van der Waals surface area contributed by atoms with E-state index in [1.807, 2.05) is 27.5 Å². The molecule has 0 aromatic carbocycles. The van der Waals surface area contributed by atoms with Gasteiger partial charge in [-0.05, 0) is 38.7 Å². The fourth-order valence-electron chi connectivity index (χ4n) is 3.86. The molecule has 3 rings (SSSR count). The lowest BCUT2D eigenvalue weighted by Crippen LogP contribution is -2.44. The van der Waals surface area contributed by atoms with Crippen LogP contribution in [-0.4, -0.2) is 78.0 Å². The van der Waals surface area contributed by atoms with Gasteiger partial charge in [0.15, 0.2) is 0 Å². The Morgan fingerprint density at radius 1 is 1.30 bits per heavy atom. The number of methoxy groups -OCH3 is 1. The molecule has 27 heavy (non-hydrogen) atoms. The number of ether oxygens (including phenoxy) is 1. The highest BCUT2D eigenvalue weighted by molar-refractivity contribution is 5.93. The van der Waals surface area contributed by atoms with Gasteiger partial charge >= 0.3 is 6.03 Å². The van der Waals surface area contributed by atoms with Gasteiger partial charge in [-0.25, -0.2) is 4.79 Å². The number of carbonyl (C=O) groups is 2. The van der Waals surface area contributed by atoms with Gasteiger partial charge in [0.1, 0.15) is 5.69 Å². The highest BCUT2D eigenvalue weighted by Crippen LogP contribution is 2.28. The maximum Gasteiger partial charge on any atom is 0.317 e. The molecule has 0 bridgehead atoms. The number of aromatic nitrogens is 2. The highest BCUT2D eigenvalue weighted by atomic mass is 16.5. The van der Waals surface area contributed by atoms with Crippen LogP contribution in [0.15, 0.2) is 6.07 Å². The van der Waals surface area contributed by atoms with Crippen LogP contribution in [0.5, 0.6) is 0 Å². The van der Waals surface area contributed by atoms with Crippen molar-refractivity contribution in [1.29, 1.82) is 0 Å². The van der Waals surface area contributed by atoms with E-state index in [4.69, 9.17) is 9.84 Å². The maximum atomic E-state index is 12.6. The van der Waals surface area contributed by atoms with Gasteiger partial charge in [-0.3, -0.25) is 9.48 Å². The van der Waals surface area contributed by atoms with Crippen molar-refractivity contribution >= 4 is 11.9 Å². The smallest absolute Gasteiger partial charge is 0.317 e. The summed E-state index contributed by atoms with van der Waals surface area (Å²) in [4.78, 5) is 28.6. The first-order chi connectivity index (χ1) is 13.1. The third-order valence-electron chi connectivity index (χ3n) is 5.49. The van der Waals surface area contributed by atoms with Crippen LogP contribution in [0.2, 0.25) is 0 Å². The second-order valence-electron chi connectivity index (χ2n) is 7.26. The molecule has 2 aliphatic rings. The van der Waals surface area contributed by atoms with E-state index < -0.39 is 0 Å². The molecule has 1 fully saturated rings. The van der Waals surface area contributed by atoms with E-state index in [1.165, 1.54) is 0 Å². The molecule has 2 aliphatic heterocycles. The van der Waals surface area contributed by atoms with Crippen molar-refractivity contribution in [2.45, 2.75) is 45.1 Å². The monoisotopic (exact) mass is 377 g/mol. The third kappa shape index (κ3) is 4.61. The number of aryl methyl sites for hydroxylation is 1. The lowest BCUT2D eigenvalue weighted by Gasteiger charge is -2.31. The predicted octanol–water partition coefficient (Wildman–Crippen LogP) is 1.67. The molecule has 8 heteroatoms. The molecule has 0 saturated carbocycles. The molecule has 3 heterocycles. The van der Waals surface area contributed by atoms with Gasteiger partial charge in [0.2, 0.25) is 0 Å². The molecule has 1 aromatic rings. The van der Waals surface area contributed by atoms with Crippen LogP contribution in [0.25, 0.3) is 0 Å². The second-order valence-corrected chi connectivity index (χ2v) is 7.26. The summed E-state index contributed by atoms with van der Waals surface area (Å²) in [6.45, 7) is 7.07. The maximum absolute atomic E-state index is 12.6. The summed E-state index contributed by atoms with van der Waals surface area (Å²) in [5.74, 6) is 0.395. The number of nitrogens with one attached hydrogen (secondary N) is 1. The van der Waals surface area contributed by atoms with Crippen molar-refractivity contribution in [2.75, 3.05) is 46.4 Å². The molecule has 150 valence electrons. The Hall–Kier alpha value is -2.09. The standard InChI is InChI=1S/C19H31N5O3/c1-3-22-9-5-10-24-17(18(22)25)14-16(21-24)15-6-11-23(12-7-15)19(26)20-8-4-13-27-2/h14-15H,3-13H2,1-2H3,(H,20,26). The molecule has 0 unspecified atom stereocenters. The zero-order chi connectivity index (χ0) is 19.2. The topological polar surface area (TPSA) is 79.7 Å². The van der Waals surface area contributed by atoms with E-state index in [9.17, 15) is 9.59 Å². The first-order valence-corrected chi connectivity index (χ1v) is 10.0. The van der Waals surface area contributed by atoms with Crippen LogP contribution in [-0.2, 0) is 11.3 Å². The number of amides is 3. The highest BCUT2D eigenvalue weighted by Gasteiger charge is 2.29. The minimum absolute atomic E-state index is 0.000981. The quantitative estimate of drug-likeness (QED) is 0.765. The second kappa shape index (κ2) is 9.21. The number of rotatable bonds is 6. The molecule has 0 radical (unpaired) electrons. The Morgan fingerprint density at radius 3 is 2.78 bits per heavy atom. The Balaban J connectivity index is 1.55. The number of nitrogens with zero attached hydrogens (tertiary/aromatic N) is 4. The number of urea groups is 1. The zero-order valence-corrected chi connectivity index (χ0v) is 16.4. The van der Waals surface area contributed by atoms with E-state index in [1.54, 1.807) is 7.11 Å². The Labute approximate surface area is 160 Å². The average Bonchev–Trinajstić information content (AvgIpc) is 3.06. The minimum atomic E-state index is -0.000981. The molecule has 0 aliphatic carbocycles. The molecule has 1 saturated heterocycles. The Kier molecular flexibility index (Phi) is 6.71. The Bertz CT molecular complexity index is 652. The summed E-state index contributed by atoms with van der Waals surface area (Å²) in [6.07, 6.45) is 3.53. The van der Waals surface area contributed by atoms with E-state index in [0.717, 1.165) is 64.1 Å². The molecular weight excluding hydrogens is 346 g/mol. The van der Waals surface area contributed by atoms with E-state index in [0.29, 0.717) is 24.8 Å². The molecule has 0 atom stereocenters. The number of fused-ring (bicyclic) bond motifs is 1. The number of hydrogen-bond acceptors (Lipinski definition) is 4. The fourth-order valence-corrected chi connectivity index (χ4v) is 3.86. The normalized spacial score (nSPS) is 18.4. The number of carbonyl (C=O) groups excluding carboxylic acids is 2. The molecule has 1 N–H and O–H groups in total. The lowest BCUT2D eigenvalue weighted by molar-refractivity contribution is 0.0766. The first-order valence-electron chi connectivity index (χ1n) is 10.0. The molecule has 3 amide bonds. The van der Waals surface area contributed by atoms with Gasteiger partial charge in [-0.1, -0.05) is 0 Å². The summed E-state index contributed by atoms with van der Waals surface area (Å²) < 4.78 is 6.87. The van der Waals surface area contributed by atoms with Gasteiger partial charge < -0.3 is 19.9 Å². The van der Waals surface area contributed by atoms with Gasteiger partial charge in [0.05, 0.1) is 5.69 Å². The minimum Gasteiger partial charge on any atom is -0.385 e. The summed E-state index contributed by atoms with van der Waals surface area (Å²) in [5.41, 5.74) is 1.71. The SMILES string of the molecule is CCN1CCCn2nc(C3CCN(C(=O)NCCCOC)CC3)cc2C1=O. The van der Waals surface area contributed by atoms with E-state index in [-0.39, 0.29) is 11.9 Å². The molecular formula is C19H31N5O3. The summed E-state index contributed by atoms with van der Waals surface area (Å²) in [6, 6.07) is 1.97. The largest absolute Gasteiger partial charge is 0.385 e. The van der Waals surface area contributed by atoms with Crippen molar-refractivity contribution in [3.05, 3.63) is 17.5 Å². The van der Waals surface area contributed by atoms with Crippen LogP contribution in [0.1, 0.15) is 54.7 Å². The predicted molar refractivity (Wildman–Crippen MR) is 102 cm³/mol. The Morgan fingerprint density at radius 2 is 2.07 bits per heavy atom. The van der Waals surface area contributed by atoms with Crippen molar-refractivity contribution in [1.82, 2.24) is 24.9 Å². The van der Waals surface area contributed by atoms with Crippen LogP contribution in [0, 0.1) is 0 Å². The van der Waals surface area contributed by atoms with Crippen LogP contribution in [0.4, 0.5) is 4.79 Å². The molecule has 1 aromatic heterocycles. The van der Waals surface area contributed by atoms with Gasteiger partial charge in [-0.15, -0.1) is 0 Å².